The number of likely N-dealkylation sites (N-methyl/N-ethyl adjacent to an activating group) is 1. The first-order valence-electron chi connectivity index (χ1n) is 7.96. The van der Waals surface area contributed by atoms with Crippen molar-refractivity contribution < 1.29 is 4.39 Å². The molecule has 3 rings (SSSR count). The molecule has 1 aliphatic heterocycles. The van der Waals surface area contributed by atoms with Crippen molar-refractivity contribution in [2.45, 2.75) is 38.6 Å². The minimum atomic E-state index is -0.733. The Morgan fingerprint density at radius 1 is 1.48 bits per heavy atom. The third-order valence-corrected chi connectivity index (χ3v) is 5.31. The first kappa shape index (κ1) is 16.5. The number of halogens is 1. The van der Waals surface area contributed by atoms with Crippen LogP contribution in [-0.4, -0.2) is 56.9 Å². The van der Waals surface area contributed by atoms with E-state index in [9.17, 15) is 4.39 Å². The summed E-state index contributed by atoms with van der Waals surface area (Å²) in [5.74, 6) is 0. The number of aromatic nitrogens is 3. The third kappa shape index (κ3) is 4.16. The Kier molecular flexibility index (Phi) is 5.08. The van der Waals surface area contributed by atoms with Crippen LogP contribution in [0.15, 0.2) is 17.6 Å². The van der Waals surface area contributed by atoms with E-state index in [0.717, 1.165) is 36.0 Å². The molecular weight excluding hydrogens is 313 g/mol. The number of thiazole rings is 1. The summed E-state index contributed by atoms with van der Waals surface area (Å²) < 4.78 is 15.8. The van der Waals surface area contributed by atoms with Gasteiger partial charge in [0.05, 0.1) is 12.2 Å². The number of hydrogen-bond acceptors (Lipinski definition) is 5. The van der Waals surface area contributed by atoms with Crippen LogP contribution in [0.4, 0.5) is 4.39 Å². The first-order valence-corrected chi connectivity index (χ1v) is 8.84. The van der Waals surface area contributed by atoms with E-state index in [0.29, 0.717) is 13.0 Å². The van der Waals surface area contributed by atoms with E-state index < -0.39 is 6.17 Å². The number of hydrogen-bond donors (Lipinski definition) is 0. The Morgan fingerprint density at radius 2 is 2.30 bits per heavy atom. The number of likely N-dealkylation sites (tertiary alicyclic amines) is 1. The summed E-state index contributed by atoms with van der Waals surface area (Å²) in [6.45, 7) is 4.97. The van der Waals surface area contributed by atoms with Crippen LogP contribution >= 0.6 is 11.3 Å². The Labute approximate surface area is 140 Å². The maximum atomic E-state index is 13.9. The van der Waals surface area contributed by atoms with Gasteiger partial charge in [-0.05, 0) is 26.5 Å². The second-order valence-corrected chi connectivity index (χ2v) is 7.38. The Morgan fingerprint density at radius 3 is 2.96 bits per heavy atom. The SMILES string of the molecule is Cc1csc(CN(C)C[C@@H]2C[C@H](F)CN2Cc2ccnn2C)n1. The van der Waals surface area contributed by atoms with Gasteiger partial charge in [0.25, 0.3) is 0 Å². The van der Waals surface area contributed by atoms with Crippen LogP contribution < -0.4 is 0 Å². The fraction of sp³-hybridized carbons (Fsp3) is 0.625. The summed E-state index contributed by atoms with van der Waals surface area (Å²) in [7, 11) is 4.02. The van der Waals surface area contributed by atoms with E-state index in [4.69, 9.17) is 0 Å². The molecule has 5 nitrogen and oxygen atoms in total. The third-order valence-electron chi connectivity index (χ3n) is 4.36. The molecule has 23 heavy (non-hydrogen) atoms. The van der Waals surface area contributed by atoms with Crippen LogP contribution in [0.3, 0.4) is 0 Å². The molecule has 2 aromatic rings. The van der Waals surface area contributed by atoms with E-state index >= 15 is 0 Å². The predicted octanol–water partition coefficient (Wildman–Crippen LogP) is 2.23. The van der Waals surface area contributed by atoms with Crippen LogP contribution in [-0.2, 0) is 20.1 Å². The Bertz CT molecular complexity index is 640. The van der Waals surface area contributed by atoms with Crippen molar-refractivity contribution in [2.24, 2.45) is 7.05 Å². The van der Waals surface area contributed by atoms with Gasteiger partial charge < -0.3 is 0 Å². The number of nitrogens with zero attached hydrogens (tertiary/aromatic N) is 5. The molecule has 0 amide bonds. The van der Waals surface area contributed by atoms with E-state index in [-0.39, 0.29) is 6.04 Å². The molecule has 2 aromatic heterocycles. The Balaban J connectivity index is 1.59. The highest BCUT2D eigenvalue weighted by Gasteiger charge is 2.33. The molecule has 0 bridgehead atoms. The zero-order valence-corrected chi connectivity index (χ0v) is 14.8. The smallest absolute Gasteiger partial charge is 0.114 e. The fourth-order valence-corrected chi connectivity index (χ4v) is 4.05. The van der Waals surface area contributed by atoms with Crippen molar-refractivity contribution in [3.63, 3.8) is 0 Å². The summed E-state index contributed by atoms with van der Waals surface area (Å²) in [4.78, 5) is 9.00. The highest BCUT2D eigenvalue weighted by atomic mass is 32.1. The fourth-order valence-electron chi connectivity index (χ4n) is 3.20. The molecule has 0 aromatic carbocycles. The molecule has 126 valence electrons. The standard InChI is InChI=1S/C16H24FN5S/c1-12-11-23-16(19-12)10-20(2)8-15-6-13(17)7-22(15)9-14-4-5-18-21(14)3/h4-5,11,13,15H,6-10H2,1-3H3/t13-,15-/m0/s1. The lowest BCUT2D eigenvalue weighted by molar-refractivity contribution is 0.177. The molecule has 0 radical (unpaired) electrons. The zero-order valence-electron chi connectivity index (χ0n) is 13.9. The van der Waals surface area contributed by atoms with Crippen LogP contribution in [0, 0.1) is 6.92 Å². The average Bonchev–Trinajstić information content (AvgIpc) is 3.15. The number of rotatable bonds is 6. The predicted molar refractivity (Wildman–Crippen MR) is 90.1 cm³/mol. The molecule has 0 spiro atoms. The van der Waals surface area contributed by atoms with Gasteiger partial charge in [0, 0.05) is 50.0 Å². The van der Waals surface area contributed by atoms with Crippen molar-refractivity contribution in [2.75, 3.05) is 20.1 Å². The summed E-state index contributed by atoms with van der Waals surface area (Å²) in [5.41, 5.74) is 2.20. The molecule has 0 saturated carbocycles. The second kappa shape index (κ2) is 7.07. The molecule has 3 heterocycles. The first-order chi connectivity index (χ1) is 11.0. The lowest BCUT2D eigenvalue weighted by Crippen LogP contribution is -2.38. The molecule has 0 unspecified atom stereocenters. The maximum Gasteiger partial charge on any atom is 0.114 e. The quantitative estimate of drug-likeness (QED) is 0.810. The highest BCUT2D eigenvalue weighted by Crippen LogP contribution is 2.24. The van der Waals surface area contributed by atoms with Gasteiger partial charge in [-0.25, -0.2) is 9.37 Å². The zero-order chi connectivity index (χ0) is 16.4. The minimum Gasteiger partial charge on any atom is -0.298 e. The van der Waals surface area contributed by atoms with Gasteiger partial charge in [0.15, 0.2) is 0 Å². The largest absolute Gasteiger partial charge is 0.298 e. The van der Waals surface area contributed by atoms with Gasteiger partial charge >= 0.3 is 0 Å². The van der Waals surface area contributed by atoms with Crippen LogP contribution in [0.1, 0.15) is 22.8 Å². The molecule has 1 fully saturated rings. The van der Waals surface area contributed by atoms with E-state index in [1.807, 2.05) is 24.7 Å². The topological polar surface area (TPSA) is 37.2 Å². The average molecular weight is 337 g/mol. The molecule has 7 heteroatoms. The maximum absolute atomic E-state index is 13.9. The summed E-state index contributed by atoms with van der Waals surface area (Å²) in [6, 6.07) is 2.25. The molecule has 1 saturated heterocycles. The molecule has 0 N–H and O–H groups in total. The van der Waals surface area contributed by atoms with Gasteiger partial charge in [0.1, 0.15) is 11.2 Å². The van der Waals surface area contributed by atoms with Crippen molar-refractivity contribution in [1.29, 1.82) is 0 Å². The van der Waals surface area contributed by atoms with Crippen LogP contribution in [0.2, 0.25) is 0 Å². The van der Waals surface area contributed by atoms with E-state index in [1.165, 1.54) is 0 Å². The Hall–Kier alpha value is -1.31. The van der Waals surface area contributed by atoms with Crippen LogP contribution in [0.25, 0.3) is 0 Å². The van der Waals surface area contributed by atoms with Crippen molar-refractivity contribution in [3.05, 3.63) is 34.0 Å². The lowest BCUT2D eigenvalue weighted by Gasteiger charge is -2.27. The lowest BCUT2D eigenvalue weighted by atomic mass is 10.2. The summed E-state index contributed by atoms with van der Waals surface area (Å²) in [5, 5.41) is 7.40. The molecular formula is C16H24FN5S. The molecule has 1 aliphatic rings. The van der Waals surface area contributed by atoms with Gasteiger partial charge in [-0.1, -0.05) is 0 Å². The minimum absolute atomic E-state index is 0.242. The molecule has 0 aliphatic carbocycles. The normalized spacial score (nSPS) is 22.3. The van der Waals surface area contributed by atoms with E-state index in [2.05, 4.69) is 32.3 Å². The summed E-state index contributed by atoms with van der Waals surface area (Å²) in [6.07, 6.45) is 1.67. The van der Waals surface area contributed by atoms with Crippen molar-refractivity contribution in [1.82, 2.24) is 24.6 Å². The van der Waals surface area contributed by atoms with Crippen molar-refractivity contribution in [3.8, 4) is 0 Å². The highest BCUT2D eigenvalue weighted by molar-refractivity contribution is 7.09. The summed E-state index contributed by atoms with van der Waals surface area (Å²) >= 11 is 1.69. The number of alkyl halides is 1. The monoisotopic (exact) mass is 337 g/mol. The van der Waals surface area contributed by atoms with Gasteiger partial charge in [-0.2, -0.15) is 5.10 Å². The van der Waals surface area contributed by atoms with Crippen LogP contribution in [0.5, 0.6) is 0 Å². The molecule has 2 atom stereocenters. The van der Waals surface area contributed by atoms with E-state index in [1.54, 1.807) is 17.5 Å². The second-order valence-electron chi connectivity index (χ2n) is 6.44. The van der Waals surface area contributed by atoms with Gasteiger partial charge in [-0.3, -0.25) is 14.5 Å². The van der Waals surface area contributed by atoms with Crippen molar-refractivity contribution >= 4 is 11.3 Å². The number of aryl methyl sites for hydroxylation is 2. The van der Waals surface area contributed by atoms with Gasteiger partial charge in [0.2, 0.25) is 0 Å². The van der Waals surface area contributed by atoms with Gasteiger partial charge in [-0.15, -0.1) is 11.3 Å².